The Kier molecular flexibility index (Phi) is 12.7. The lowest BCUT2D eigenvalue weighted by molar-refractivity contribution is -0.122. The highest BCUT2D eigenvalue weighted by Gasteiger charge is 2.13. The highest BCUT2D eigenvalue weighted by Crippen LogP contribution is 2.01. The Morgan fingerprint density at radius 2 is 1.69 bits per heavy atom. The molecule has 1 rings (SSSR count). The van der Waals surface area contributed by atoms with Crippen LogP contribution >= 0.6 is 0 Å². The summed E-state index contributed by atoms with van der Waals surface area (Å²) >= 11 is 0. The number of benzene rings is 1. The van der Waals surface area contributed by atoms with Crippen LogP contribution in [0.2, 0.25) is 0 Å². The molecule has 1 atom stereocenters. The number of ether oxygens (including phenoxy) is 3. The van der Waals surface area contributed by atoms with E-state index in [2.05, 4.69) is 15.3 Å². The van der Waals surface area contributed by atoms with E-state index in [0.29, 0.717) is 59.2 Å². The van der Waals surface area contributed by atoms with Crippen LogP contribution in [-0.2, 0) is 25.4 Å². The summed E-state index contributed by atoms with van der Waals surface area (Å²) in [5, 5.41) is 6.10. The van der Waals surface area contributed by atoms with Crippen LogP contribution in [0.15, 0.2) is 35.4 Å². The van der Waals surface area contributed by atoms with Crippen molar-refractivity contribution in [3.05, 3.63) is 46.3 Å². The van der Waals surface area contributed by atoms with Crippen LogP contribution in [0.25, 0.3) is 10.4 Å². The van der Waals surface area contributed by atoms with E-state index in [4.69, 9.17) is 25.5 Å². The summed E-state index contributed by atoms with van der Waals surface area (Å²) < 4.78 is 15.9. The van der Waals surface area contributed by atoms with Gasteiger partial charge in [-0.15, -0.1) is 0 Å². The van der Waals surface area contributed by atoms with E-state index in [0.717, 1.165) is 5.56 Å². The van der Waals surface area contributed by atoms with Gasteiger partial charge in [-0.3, -0.25) is 4.79 Å². The molecule has 9 nitrogen and oxygen atoms in total. The Bertz CT molecular complexity index is 537. The maximum absolute atomic E-state index is 11.9. The van der Waals surface area contributed by atoms with Crippen molar-refractivity contribution in [2.75, 3.05) is 52.7 Å². The Morgan fingerprint density at radius 1 is 1.08 bits per heavy atom. The molecule has 0 radical (unpaired) electrons. The van der Waals surface area contributed by atoms with E-state index in [-0.39, 0.29) is 5.91 Å². The van der Waals surface area contributed by atoms with E-state index in [1.165, 1.54) is 0 Å². The van der Waals surface area contributed by atoms with E-state index >= 15 is 0 Å². The van der Waals surface area contributed by atoms with Gasteiger partial charge in [-0.05, 0) is 17.5 Å². The minimum Gasteiger partial charge on any atom is -0.379 e. The molecule has 1 aromatic carbocycles. The number of amides is 1. The maximum Gasteiger partial charge on any atom is 0.237 e. The number of carbonyl (C=O) groups excluding carboxylic acids is 1. The molecule has 0 aromatic heterocycles. The largest absolute Gasteiger partial charge is 0.379 e. The van der Waals surface area contributed by atoms with Crippen molar-refractivity contribution < 1.29 is 19.0 Å². The first-order valence-electron chi connectivity index (χ1n) is 8.55. The summed E-state index contributed by atoms with van der Waals surface area (Å²) in [6.45, 7) is 3.28. The lowest BCUT2D eigenvalue weighted by Crippen LogP contribution is -2.43. The molecule has 0 fully saturated rings. The molecule has 0 heterocycles. The van der Waals surface area contributed by atoms with E-state index in [1.807, 2.05) is 30.3 Å². The SMILES string of the molecule is [N-]=[N+]=NCCOCCOCCOCCNC(=O)[C@@H](N)Cc1ccccc1. The number of hydrogen-bond acceptors (Lipinski definition) is 6. The zero-order chi connectivity index (χ0) is 18.9. The van der Waals surface area contributed by atoms with Gasteiger partial charge in [0.2, 0.25) is 5.91 Å². The van der Waals surface area contributed by atoms with Gasteiger partial charge in [0, 0.05) is 18.0 Å². The summed E-state index contributed by atoms with van der Waals surface area (Å²) in [6, 6.07) is 9.09. The highest BCUT2D eigenvalue weighted by atomic mass is 16.5. The zero-order valence-corrected chi connectivity index (χ0v) is 14.9. The molecule has 0 aliphatic heterocycles. The number of azide groups is 1. The number of nitrogens with zero attached hydrogens (tertiary/aromatic N) is 3. The normalized spacial score (nSPS) is 11.6. The summed E-state index contributed by atoms with van der Waals surface area (Å²) in [5.41, 5.74) is 15.0. The Balaban J connectivity index is 1.90. The summed E-state index contributed by atoms with van der Waals surface area (Å²) in [4.78, 5) is 14.5. The second-order valence-electron chi connectivity index (χ2n) is 5.38. The van der Waals surface area contributed by atoms with Crippen molar-refractivity contribution in [3.63, 3.8) is 0 Å². The Morgan fingerprint density at radius 3 is 2.35 bits per heavy atom. The molecular weight excluding hydrogens is 338 g/mol. The second-order valence-corrected chi connectivity index (χ2v) is 5.38. The van der Waals surface area contributed by atoms with Crippen LogP contribution in [0.3, 0.4) is 0 Å². The van der Waals surface area contributed by atoms with Gasteiger partial charge in [0.05, 0.1) is 45.7 Å². The monoisotopic (exact) mass is 365 g/mol. The zero-order valence-electron chi connectivity index (χ0n) is 14.9. The molecule has 0 saturated heterocycles. The first-order valence-corrected chi connectivity index (χ1v) is 8.55. The van der Waals surface area contributed by atoms with Gasteiger partial charge < -0.3 is 25.3 Å². The Hall–Kier alpha value is -2.16. The molecule has 144 valence electrons. The smallest absolute Gasteiger partial charge is 0.237 e. The van der Waals surface area contributed by atoms with Crippen LogP contribution in [0, 0.1) is 0 Å². The van der Waals surface area contributed by atoms with Crippen LogP contribution in [0.1, 0.15) is 5.56 Å². The average molecular weight is 365 g/mol. The second kappa shape index (κ2) is 15.1. The average Bonchev–Trinajstić information content (AvgIpc) is 2.66. The molecule has 26 heavy (non-hydrogen) atoms. The molecule has 1 amide bonds. The number of nitrogens with one attached hydrogen (secondary N) is 1. The van der Waals surface area contributed by atoms with E-state index < -0.39 is 6.04 Å². The van der Waals surface area contributed by atoms with Gasteiger partial charge in [-0.25, -0.2) is 0 Å². The summed E-state index contributed by atoms with van der Waals surface area (Å²) in [6.07, 6.45) is 0.506. The van der Waals surface area contributed by atoms with Crippen molar-refractivity contribution in [2.24, 2.45) is 10.8 Å². The van der Waals surface area contributed by atoms with Crippen molar-refractivity contribution in [1.82, 2.24) is 5.32 Å². The van der Waals surface area contributed by atoms with Crippen molar-refractivity contribution in [2.45, 2.75) is 12.5 Å². The lowest BCUT2D eigenvalue weighted by atomic mass is 10.1. The fourth-order valence-electron chi connectivity index (χ4n) is 2.03. The molecular formula is C17H27N5O4. The van der Waals surface area contributed by atoms with Gasteiger partial charge in [-0.2, -0.15) is 0 Å². The fourth-order valence-corrected chi connectivity index (χ4v) is 2.03. The van der Waals surface area contributed by atoms with Crippen LogP contribution in [-0.4, -0.2) is 64.7 Å². The third kappa shape index (κ3) is 11.4. The summed E-state index contributed by atoms with van der Waals surface area (Å²) in [7, 11) is 0. The van der Waals surface area contributed by atoms with E-state index in [9.17, 15) is 4.79 Å². The third-order valence-electron chi connectivity index (χ3n) is 3.32. The minimum atomic E-state index is -0.570. The van der Waals surface area contributed by atoms with Crippen molar-refractivity contribution in [1.29, 1.82) is 0 Å². The number of carbonyl (C=O) groups is 1. The predicted molar refractivity (Wildman–Crippen MR) is 97.6 cm³/mol. The molecule has 0 bridgehead atoms. The predicted octanol–water partition coefficient (Wildman–Crippen LogP) is 1.03. The highest BCUT2D eigenvalue weighted by molar-refractivity contribution is 5.81. The Labute approximate surface area is 153 Å². The third-order valence-corrected chi connectivity index (χ3v) is 3.32. The van der Waals surface area contributed by atoms with Crippen LogP contribution in [0.5, 0.6) is 0 Å². The molecule has 0 aliphatic carbocycles. The number of rotatable bonds is 15. The topological polar surface area (TPSA) is 132 Å². The van der Waals surface area contributed by atoms with Crippen LogP contribution in [0.4, 0.5) is 0 Å². The van der Waals surface area contributed by atoms with Crippen molar-refractivity contribution in [3.8, 4) is 0 Å². The van der Waals surface area contributed by atoms with E-state index in [1.54, 1.807) is 0 Å². The maximum atomic E-state index is 11.9. The minimum absolute atomic E-state index is 0.188. The van der Waals surface area contributed by atoms with Gasteiger partial charge in [0.25, 0.3) is 0 Å². The molecule has 0 aliphatic rings. The van der Waals surface area contributed by atoms with Gasteiger partial charge >= 0.3 is 0 Å². The van der Waals surface area contributed by atoms with Gasteiger partial charge in [0.15, 0.2) is 0 Å². The van der Waals surface area contributed by atoms with Gasteiger partial charge in [-0.1, -0.05) is 35.4 Å². The molecule has 0 saturated carbocycles. The first kappa shape index (κ1) is 21.9. The molecule has 9 heteroatoms. The van der Waals surface area contributed by atoms with Gasteiger partial charge in [0.1, 0.15) is 0 Å². The quantitative estimate of drug-likeness (QED) is 0.207. The first-order chi connectivity index (χ1) is 12.7. The number of nitrogens with two attached hydrogens (primary N) is 1. The summed E-state index contributed by atoms with van der Waals surface area (Å²) in [5.74, 6) is -0.188. The number of hydrogen-bond donors (Lipinski definition) is 2. The molecule has 3 N–H and O–H groups in total. The molecule has 0 unspecified atom stereocenters. The lowest BCUT2D eigenvalue weighted by Gasteiger charge is -2.12. The standard InChI is InChI=1S/C17H27N5O4/c18-16(14-15-4-2-1-3-5-15)17(23)20-6-8-24-10-12-26-13-11-25-9-7-21-22-19/h1-5,16H,6-14,18H2,(H,20,23)/t16-/m0/s1. The van der Waals surface area contributed by atoms with Crippen LogP contribution < -0.4 is 11.1 Å². The van der Waals surface area contributed by atoms with Crippen molar-refractivity contribution >= 4 is 5.91 Å². The molecule has 1 aromatic rings. The molecule has 0 spiro atoms. The fraction of sp³-hybridized carbons (Fsp3) is 0.588.